The van der Waals surface area contributed by atoms with Gasteiger partial charge in [0.2, 0.25) is 0 Å². The van der Waals surface area contributed by atoms with Crippen LogP contribution >= 0.6 is 12.2 Å². The average Bonchev–Trinajstić information content (AvgIpc) is 3.10. The number of aliphatic hydroxyl groups is 1. The standard InChI is InChI=1S/C12H20N4O2S/c1-3-6-12(2,18)10(17)13-7-9-14-15-11(19)16(9)8-4-5-8/h8,18H,3-7H2,1-2H3,(H,13,17)(H,15,19)/t12-/m0/s1. The maximum absolute atomic E-state index is 11.9. The highest BCUT2D eigenvalue weighted by Crippen LogP contribution is 2.35. The van der Waals surface area contributed by atoms with Crippen LogP contribution in [0.4, 0.5) is 0 Å². The Morgan fingerprint density at radius 2 is 2.37 bits per heavy atom. The van der Waals surface area contributed by atoms with Crippen molar-refractivity contribution in [2.24, 2.45) is 0 Å². The van der Waals surface area contributed by atoms with Gasteiger partial charge in [0, 0.05) is 6.04 Å². The van der Waals surface area contributed by atoms with Gasteiger partial charge in [-0.2, -0.15) is 5.10 Å². The van der Waals surface area contributed by atoms with E-state index < -0.39 is 5.60 Å². The monoisotopic (exact) mass is 284 g/mol. The third-order valence-corrected chi connectivity index (χ3v) is 3.61. The van der Waals surface area contributed by atoms with Crippen LogP contribution in [0.15, 0.2) is 0 Å². The van der Waals surface area contributed by atoms with Crippen LogP contribution in [0.25, 0.3) is 0 Å². The van der Waals surface area contributed by atoms with Crippen LogP contribution in [-0.4, -0.2) is 31.4 Å². The van der Waals surface area contributed by atoms with E-state index in [0.717, 1.165) is 19.3 Å². The molecule has 1 aromatic rings. The lowest BCUT2D eigenvalue weighted by molar-refractivity contribution is -0.138. The predicted molar refractivity (Wildman–Crippen MR) is 73.1 cm³/mol. The predicted octanol–water partition coefficient (Wildman–Crippen LogP) is 1.44. The molecule has 0 radical (unpaired) electrons. The second kappa shape index (κ2) is 5.42. The Morgan fingerprint density at radius 3 is 2.95 bits per heavy atom. The van der Waals surface area contributed by atoms with Gasteiger partial charge in [-0.3, -0.25) is 14.5 Å². The summed E-state index contributed by atoms with van der Waals surface area (Å²) >= 11 is 5.17. The maximum Gasteiger partial charge on any atom is 0.252 e. The fourth-order valence-corrected chi connectivity index (χ4v) is 2.42. The molecular weight excluding hydrogens is 264 g/mol. The minimum absolute atomic E-state index is 0.280. The maximum atomic E-state index is 11.9. The number of H-pyrrole nitrogens is 1. The van der Waals surface area contributed by atoms with E-state index in [0.29, 0.717) is 23.1 Å². The first-order valence-corrected chi connectivity index (χ1v) is 7.03. The number of aromatic nitrogens is 3. The van der Waals surface area contributed by atoms with Crippen molar-refractivity contribution in [3.8, 4) is 0 Å². The molecule has 106 valence electrons. The molecule has 1 heterocycles. The molecule has 0 spiro atoms. The van der Waals surface area contributed by atoms with Crippen LogP contribution in [-0.2, 0) is 11.3 Å². The normalized spacial score (nSPS) is 18.1. The number of amides is 1. The first-order chi connectivity index (χ1) is 8.95. The van der Waals surface area contributed by atoms with Gasteiger partial charge in [-0.25, -0.2) is 0 Å². The Labute approximate surface area is 117 Å². The minimum Gasteiger partial charge on any atom is -0.380 e. The van der Waals surface area contributed by atoms with E-state index in [4.69, 9.17) is 12.2 Å². The third kappa shape index (κ3) is 3.22. The summed E-state index contributed by atoms with van der Waals surface area (Å²) in [5.74, 6) is 0.346. The van der Waals surface area contributed by atoms with E-state index in [1.54, 1.807) is 0 Å². The molecule has 19 heavy (non-hydrogen) atoms. The van der Waals surface area contributed by atoms with Crippen molar-refractivity contribution in [1.29, 1.82) is 0 Å². The van der Waals surface area contributed by atoms with Crippen LogP contribution in [0.1, 0.15) is 51.4 Å². The summed E-state index contributed by atoms with van der Waals surface area (Å²) in [7, 11) is 0. The zero-order chi connectivity index (χ0) is 14.0. The number of hydrogen-bond donors (Lipinski definition) is 3. The van der Waals surface area contributed by atoms with Gasteiger partial charge < -0.3 is 10.4 Å². The average molecular weight is 284 g/mol. The molecule has 1 amide bonds. The topological polar surface area (TPSA) is 82.9 Å². The lowest BCUT2D eigenvalue weighted by atomic mass is 10.00. The number of aromatic amines is 1. The fraction of sp³-hybridized carbons (Fsp3) is 0.750. The zero-order valence-electron chi connectivity index (χ0n) is 11.3. The van der Waals surface area contributed by atoms with Gasteiger partial charge in [0.15, 0.2) is 10.6 Å². The van der Waals surface area contributed by atoms with E-state index in [1.807, 2.05) is 11.5 Å². The van der Waals surface area contributed by atoms with Crippen molar-refractivity contribution in [2.45, 2.75) is 57.7 Å². The fourth-order valence-electron chi connectivity index (χ4n) is 2.12. The molecule has 1 aliphatic rings. The number of nitrogens with one attached hydrogen (secondary N) is 2. The van der Waals surface area contributed by atoms with E-state index in [9.17, 15) is 9.90 Å². The largest absolute Gasteiger partial charge is 0.380 e. The van der Waals surface area contributed by atoms with E-state index in [2.05, 4.69) is 15.5 Å². The van der Waals surface area contributed by atoms with Gasteiger partial charge in [-0.1, -0.05) is 13.3 Å². The molecule has 1 aliphatic carbocycles. The van der Waals surface area contributed by atoms with E-state index in [1.165, 1.54) is 6.92 Å². The molecule has 0 aliphatic heterocycles. The van der Waals surface area contributed by atoms with Gasteiger partial charge in [0.1, 0.15) is 5.60 Å². The lowest BCUT2D eigenvalue weighted by Crippen LogP contribution is -2.44. The second-order valence-electron chi connectivity index (χ2n) is 5.25. The Morgan fingerprint density at radius 1 is 1.68 bits per heavy atom. The van der Waals surface area contributed by atoms with Crippen LogP contribution in [0, 0.1) is 4.77 Å². The number of nitrogens with zero attached hydrogens (tertiary/aromatic N) is 2. The number of hydrogen-bond acceptors (Lipinski definition) is 4. The molecule has 3 N–H and O–H groups in total. The Hall–Kier alpha value is -1.21. The second-order valence-corrected chi connectivity index (χ2v) is 5.64. The number of rotatable bonds is 6. The molecule has 0 unspecified atom stereocenters. The van der Waals surface area contributed by atoms with Gasteiger partial charge in [-0.15, -0.1) is 0 Å². The van der Waals surface area contributed by atoms with E-state index in [-0.39, 0.29) is 12.5 Å². The summed E-state index contributed by atoms with van der Waals surface area (Å²) in [6.45, 7) is 3.74. The summed E-state index contributed by atoms with van der Waals surface area (Å²) in [6, 6.07) is 0.411. The number of carbonyl (C=O) groups excluding carboxylic acids is 1. The summed E-state index contributed by atoms with van der Waals surface area (Å²) in [6.07, 6.45) is 3.39. The molecular formula is C12H20N4O2S. The van der Waals surface area contributed by atoms with Crippen molar-refractivity contribution in [3.05, 3.63) is 10.6 Å². The third-order valence-electron chi connectivity index (χ3n) is 3.32. The summed E-state index contributed by atoms with van der Waals surface area (Å²) in [5.41, 5.74) is -1.33. The highest BCUT2D eigenvalue weighted by Gasteiger charge is 2.30. The molecule has 6 nitrogen and oxygen atoms in total. The van der Waals surface area contributed by atoms with Crippen LogP contribution < -0.4 is 5.32 Å². The molecule has 7 heteroatoms. The van der Waals surface area contributed by atoms with E-state index >= 15 is 0 Å². The molecule has 2 rings (SSSR count). The molecule has 1 saturated carbocycles. The SMILES string of the molecule is CCC[C@](C)(O)C(=O)NCc1n[nH]c(=S)n1C1CC1. The van der Waals surface area contributed by atoms with Crippen LogP contribution in [0.5, 0.6) is 0 Å². The first kappa shape index (κ1) is 14.2. The zero-order valence-corrected chi connectivity index (χ0v) is 12.1. The summed E-state index contributed by atoms with van der Waals surface area (Å²) in [4.78, 5) is 11.9. The Kier molecular flexibility index (Phi) is 4.05. The van der Waals surface area contributed by atoms with Crippen molar-refractivity contribution in [3.63, 3.8) is 0 Å². The minimum atomic E-state index is -1.33. The molecule has 1 atom stereocenters. The highest BCUT2D eigenvalue weighted by atomic mass is 32.1. The molecule has 1 fully saturated rings. The Balaban J connectivity index is 1.99. The van der Waals surface area contributed by atoms with Crippen LogP contribution in [0.2, 0.25) is 0 Å². The van der Waals surface area contributed by atoms with Gasteiger partial charge in [-0.05, 0) is 38.4 Å². The van der Waals surface area contributed by atoms with Crippen molar-refractivity contribution in [2.75, 3.05) is 0 Å². The lowest BCUT2D eigenvalue weighted by Gasteiger charge is -2.21. The molecule has 0 saturated heterocycles. The molecule has 1 aromatic heterocycles. The van der Waals surface area contributed by atoms with Gasteiger partial charge in [0.05, 0.1) is 6.54 Å². The quantitative estimate of drug-likeness (QED) is 0.690. The van der Waals surface area contributed by atoms with Crippen molar-refractivity contribution >= 4 is 18.1 Å². The van der Waals surface area contributed by atoms with Crippen LogP contribution in [0.3, 0.4) is 0 Å². The van der Waals surface area contributed by atoms with Crippen molar-refractivity contribution in [1.82, 2.24) is 20.1 Å². The van der Waals surface area contributed by atoms with Gasteiger partial charge in [0.25, 0.3) is 5.91 Å². The number of carbonyl (C=O) groups is 1. The summed E-state index contributed by atoms with van der Waals surface area (Å²) in [5, 5.41) is 19.6. The molecule has 0 bridgehead atoms. The smallest absolute Gasteiger partial charge is 0.252 e. The first-order valence-electron chi connectivity index (χ1n) is 6.62. The summed E-state index contributed by atoms with van der Waals surface area (Å²) < 4.78 is 2.54. The highest BCUT2D eigenvalue weighted by molar-refractivity contribution is 7.71. The molecule has 0 aromatic carbocycles. The van der Waals surface area contributed by atoms with Crippen molar-refractivity contribution < 1.29 is 9.90 Å². The van der Waals surface area contributed by atoms with Gasteiger partial charge >= 0.3 is 0 Å². The Bertz CT molecular complexity index is 516.